The van der Waals surface area contributed by atoms with Crippen LogP contribution in [-0.4, -0.2) is 10.9 Å². The lowest BCUT2D eigenvalue weighted by Crippen LogP contribution is -2.14. The van der Waals surface area contributed by atoms with E-state index in [1.54, 1.807) is 18.3 Å². The van der Waals surface area contributed by atoms with Crippen molar-refractivity contribution in [3.8, 4) is 17.3 Å². The molecule has 2 rings (SSSR count). The van der Waals surface area contributed by atoms with Gasteiger partial charge >= 0.3 is 0 Å². The van der Waals surface area contributed by atoms with Crippen LogP contribution in [0, 0.1) is 11.3 Å². The zero-order chi connectivity index (χ0) is 14.8. The van der Waals surface area contributed by atoms with Crippen molar-refractivity contribution in [3.05, 3.63) is 53.7 Å². The van der Waals surface area contributed by atoms with Crippen LogP contribution in [0.15, 0.2) is 42.6 Å². The maximum atomic E-state index is 11.4. The van der Waals surface area contributed by atoms with E-state index in [0.29, 0.717) is 11.3 Å². The van der Waals surface area contributed by atoms with Crippen molar-refractivity contribution in [2.45, 2.75) is 19.3 Å². The molecule has 2 aromatic rings. The van der Waals surface area contributed by atoms with Gasteiger partial charge in [0.25, 0.3) is 5.91 Å². The van der Waals surface area contributed by atoms with Gasteiger partial charge in [0.2, 0.25) is 0 Å². The lowest BCUT2D eigenvalue weighted by Gasteiger charge is -2.16. The van der Waals surface area contributed by atoms with Gasteiger partial charge in [-0.25, -0.2) is 0 Å². The normalized spacial score (nSPS) is 10.8. The quantitative estimate of drug-likeness (QED) is 0.926. The fourth-order valence-electron chi connectivity index (χ4n) is 1.94. The predicted molar refractivity (Wildman–Crippen MR) is 76.8 cm³/mol. The van der Waals surface area contributed by atoms with Crippen molar-refractivity contribution in [2.24, 2.45) is 5.73 Å². The largest absolute Gasteiger partial charge is 0.366 e. The summed E-state index contributed by atoms with van der Waals surface area (Å²) in [6, 6.07) is 13.0. The number of hydrogen-bond acceptors (Lipinski definition) is 3. The molecule has 0 radical (unpaired) electrons. The zero-order valence-electron chi connectivity index (χ0n) is 11.4. The number of rotatable bonds is 3. The smallest absolute Gasteiger partial charge is 0.250 e. The molecule has 0 aliphatic heterocycles. The molecule has 0 aliphatic carbocycles. The van der Waals surface area contributed by atoms with Gasteiger partial charge in [-0.1, -0.05) is 24.3 Å². The second kappa shape index (κ2) is 5.14. The summed E-state index contributed by atoms with van der Waals surface area (Å²) < 4.78 is 0. The highest BCUT2D eigenvalue weighted by atomic mass is 16.1. The van der Waals surface area contributed by atoms with Crippen molar-refractivity contribution in [1.82, 2.24) is 4.98 Å². The van der Waals surface area contributed by atoms with Crippen molar-refractivity contribution in [1.29, 1.82) is 5.26 Å². The molecule has 0 aliphatic rings. The van der Waals surface area contributed by atoms with Crippen LogP contribution >= 0.6 is 0 Å². The molecule has 0 spiro atoms. The third-order valence-corrected chi connectivity index (χ3v) is 3.23. The maximum absolute atomic E-state index is 11.4. The van der Waals surface area contributed by atoms with Crippen molar-refractivity contribution in [2.75, 3.05) is 0 Å². The Hall–Kier alpha value is -2.67. The Balaban J connectivity index is 2.47. The second-order valence-electron chi connectivity index (χ2n) is 5.08. The summed E-state index contributed by atoms with van der Waals surface area (Å²) in [5.41, 5.74) is 7.47. The summed E-state index contributed by atoms with van der Waals surface area (Å²) in [4.78, 5) is 15.6. The fraction of sp³-hybridized carbons (Fsp3) is 0.188. The molecule has 1 amide bonds. The minimum Gasteiger partial charge on any atom is -0.366 e. The Labute approximate surface area is 117 Å². The molecule has 0 saturated heterocycles. The summed E-state index contributed by atoms with van der Waals surface area (Å²) in [5, 5.41) is 9.13. The molecule has 0 saturated carbocycles. The summed E-state index contributed by atoms with van der Waals surface area (Å²) >= 11 is 0. The minimum absolute atomic E-state index is 0.389. The Morgan fingerprint density at radius 1 is 1.25 bits per heavy atom. The number of pyridine rings is 1. The highest BCUT2D eigenvalue weighted by Gasteiger charge is 2.19. The summed E-state index contributed by atoms with van der Waals surface area (Å²) in [6.07, 6.45) is 1.62. The molecule has 1 heterocycles. The first-order valence-corrected chi connectivity index (χ1v) is 6.22. The first kappa shape index (κ1) is 13.8. The van der Waals surface area contributed by atoms with Gasteiger partial charge in [-0.15, -0.1) is 0 Å². The van der Waals surface area contributed by atoms with Crippen LogP contribution < -0.4 is 5.73 Å². The molecule has 4 heteroatoms. The van der Waals surface area contributed by atoms with Gasteiger partial charge in [-0.2, -0.15) is 5.26 Å². The van der Waals surface area contributed by atoms with Crippen molar-refractivity contribution >= 4 is 5.91 Å². The first-order valence-electron chi connectivity index (χ1n) is 6.22. The third-order valence-electron chi connectivity index (χ3n) is 3.23. The molecule has 4 nitrogen and oxygen atoms in total. The summed E-state index contributed by atoms with van der Waals surface area (Å²) in [5.74, 6) is -0.505. The predicted octanol–water partition coefficient (Wildman–Crippen LogP) is 2.65. The molecule has 2 N–H and O–H groups in total. The molecule has 20 heavy (non-hydrogen) atoms. The topological polar surface area (TPSA) is 79.8 Å². The summed E-state index contributed by atoms with van der Waals surface area (Å²) in [7, 11) is 0. The Morgan fingerprint density at radius 3 is 2.45 bits per heavy atom. The highest BCUT2D eigenvalue weighted by Crippen LogP contribution is 2.26. The lowest BCUT2D eigenvalue weighted by molar-refractivity contribution is 0.100. The number of hydrogen-bond donors (Lipinski definition) is 1. The number of primary amides is 1. The molecule has 100 valence electrons. The molecule has 0 bridgehead atoms. The average Bonchev–Trinajstić information content (AvgIpc) is 2.47. The Morgan fingerprint density at radius 2 is 1.90 bits per heavy atom. The number of nitrogens with zero attached hydrogens (tertiary/aromatic N) is 2. The molecular weight excluding hydrogens is 250 g/mol. The molecule has 1 aromatic heterocycles. The van der Waals surface area contributed by atoms with Crippen LogP contribution in [0.25, 0.3) is 11.3 Å². The van der Waals surface area contributed by atoms with Gasteiger partial charge in [0, 0.05) is 11.8 Å². The third kappa shape index (κ3) is 2.52. The Bertz CT molecular complexity index is 682. The number of nitrogens with two attached hydrogens (primary N) is 1. The van der Waals surface area contributed by atoms with Gasteiger partial charge < -0.3 is 5.73 Å². The van der Waals surface area contributed by atoms with E-state index in [9.17, 15) is 4.79 Å². The van der Waals surface area contributed by atoms with E-state index < -0.39 is 11.3 Å². The highest BCUT2D eigenvalue weighted by molar-refractivity contribution is 5.98. The molecule has 1 aromatic carbocycles. The summed E-state index contributed by atoms with van der Waals surface area (Å²) in [6.45, 7) is 3.72. The molecule has 0 fully saturated rings. The number of carbonyl (C=O) groups is 1. The van der Waals surface area contributed by atoms with E-state index in [1.807, 2.05) is 38.1 Å². The van der Waals surface area contributed by atoms with Crippen LogP contribution in [0.1, 0.15) is 29.8 Å². The van der Waals surface area contributed by atoms with E-state index >= 15 is 0 Å². The monoisotopic (exact) mass is 265 g/mol. The molecule has 0 atom stereocenters. The second-order valence-corrected chi connectivity index (χ2v) is 5.08. The maximum Gasteiger partial charge on any atom is 0.250 e. The molecular formula is C16H15N3O. The van der Waals surface area contributed by atoms with Gasteiger partial charge in [-0.3, -0.25) is 9.78 Å². The number of amides is 1. The van der Waals surface area contributed by atoms with E-state index in [4.69, 9.17) is 11.0 Å². The van der Waals surface area contributed by atoms with Crippen LogP contribution in [0.2, 0.25) is 0 Å². The number of nitriles is 1. The van der Waals surface area contributed by atoms with Gasteiger partial charge in [0.1, 0.15) is 0 Å². The van der Waals surface area contributed by atoms with Gasteiger partial charge in [-0.05, 0) is 31.5 Å². The minimum atomic E-state index is -0.546. The number of aromatic nitrogens is 1. The SMILES string of the molecule is CC(C)(C#N)c1ccc(-c2ncccc2C(N)=O)cc1. The van der Waals surface area contributed by atoms with Crippen LogP contribution in [0.3, 0.4) is 0 Å². The fourth-order valence-corrected chi connectivity index (χ4v) is 1.94. The van der Waals surface area contributed by atoms with E-state index in [0.717, 1.165) is 11.1 Å². The first-order chi connectivity index (χ1) is 9.45. The van der Waals surface area contributed by atoms with E-state index in [-0.39, 0.29) is 0 Å². The molecule has 0 unspecified atom stereocenters. The van der Waals surface area contributed by atoms with Crippen LogP contribution in [0.4, 0.5) is 0 Å². The van der Waals surface area contributed by atoms with E-state index in [1.165, 1.54) is 0 Å². The van der Waals surface area contributed by atoms with Crippen LogP contribution in [-0.2, 0) is 5.41 Å². The number of benzene rings is 1. The lowest BCUT2D eigenvalue weighted by atomic mass is 9.85. The standard InChI is InChI=1S/C16H15N3O/c1-16(2,10-17)12-7-5-11(6-8-12)14-13(15(18)20)4-3-9-19-14/h3-9H,1-2H3,(H2,18,20). The van der Waals surface area contributed by atoms with Crippen LogP contribution in [0.5, 0.6) is 0 Å². The van der Waals surface area contributed by atoms with Gasteiger partial charge in [0.05, 0.1) is 22.7 Å². The van der Waals surface area contributed by atoms with E-state index in [2.05, 4.69) is 11.1 Å². The van der Waals surface area contributed by atoms with Crippen molar-refractivity contribution < 1.29 is 4.79 Å². The average molecular weight is 265 g/mol. The Kier molecular flexibility index (Phi) is 3.53. The van der Waals surface area contributed by atoms with Crippen molar-refractivity contribution in [3.63, 3.8) is 0 Å². The number of carbonyl (C=O) groups excluding carboxylic acids is 1. The zero-order valence-corrected chi connectivity index (χ0v) is 11.4. The van der Waals surface area contributed by atoms with Gasteiger partial charge in [0.15, 0.2) is 0 Å².